The van der Waals surface area contributed by atoms with E-state index in [0.29, 0.717) is 11.6 Å². The Labute approximate surface area is 437 Å². The second-order valence-electron chi connectivity index (χ2n) is 15.4. The van der Waals surface area contributed by atoms with E-state index in [9.17, 15) is 67.8 Å². The van der Waals surface area contributed by atoms with E-state index in [1.165, 1.54) is 31.2 Å². The number of carbonyl (C=O) groups is 1. The average Bonchev–Trinajstić information content (AvgIpc) is 3.39. The molecule has 2 aromatic heterocycles. The van der Waals surface area contributed by atoms with E-state index in [-0.39, 0.29) is 23.8 Å². The SMILES string of the molecule is CC(CNc1nc(F)nc(Nc2cc(S(=O)(=O)O)cc(N/N=C(\N=Nc3cc(S(=O)(=O)O)ccc3C(=O)O)c3ccccc3)c2O)n1)Nc1nc(F)nc(Nc2cc(S(=O)(=O)O)cc(N=N/C(=N\N)c3ccccc3)c2O)n1. The molecule has 7 rings (SSSR count). The summed E-state index contributed by atoms with van der Waals surface area (Å²) in [4.78, 5) is 31.6. The maximum absolute atomic E-state index is 14.9. The van der Waals surface area contributed by atoms with Gasteiger partial charge >= 0.3 is 18.1 Å². The highest BCUT2D eigenvalue weighted by molar-refractivity contribution is 7.86. The first-order valence-corrected chi connectivity index (χ1v) is 25.6. The molecule has 1 unspecified atom stereocenters. The topological polar surface area (TPSA) is 479 Å². The molecule has 5 aromatic carbocycles. The second-order valence-corrected chi connectivity index (χ2v) is 19.7. The molecular weight excluding hydrogens is 1100 g/mol. The monoisotopic (exact) mass is 1130 g/mol. The van der Waals surface area contributed by atoms with Crippen molar-refractivity contribution in [3.8, 4) is 11.5 Å². The van der Waals surface area contributed by atoms with Crippen LogP contribution in [0.15, 0.2) is 148 Å². The number of nitrogens with two attached hydrogens (primary N) is 1. The van der Waals surface area contributed by atoms with E-state index in [2.05, 4.69) is 87.3 Å². The predicted octanol–water partition coefficient (Wildman–Crippen LogP) is 5.55. The standard InChI is InChI=1S/C42H36F2N18O13S3/c1-20(47-40-51-38(44)53-42(55-40)49-29-16-24(77(70,71)72)17-30(32(29)63)58-60-34(56-45)21-8-4-2-5-9-21)19-46-39-50-37(43)52-41(54-39)48-28-15-25(78(73,74)75)18-31(33(28)64)59-62-35(22-10-6-3-7-11-22)61-57-27-14-23(76(67,68)69)12-13-26(27)36(65)66/h2-18,20,59,63-64H,19,45H2,1H3,(H,65,66)(H,67,68,69)(H,70,71,72)(H,73,74,75)(H2,46,48,50,52,54)(H2,47,49,51,53,55)/b56-34-,60-58?,61-57?,62-35-. The summed E-state index contributed by atoms with van der Waals surface area (Å²) in [5.74, 6) is -0.426. The molecule has 0 aliphatic rings. The number of carboxylic acid groups (broad SMARTS) is 1. The minimum absolute atomic E-state index is 0.131. The molecular formula is C42H36F2N18O13S3. The van der Waals surface area contributed by atoms with E-state index in [1.54, 1.807) is 36.4 Å². The third-order valence-electron chi connectivity index (χ3n) is 9.86. The number of phenolic OH excluding ortho intramolecular Hbond substituents is 2. The van der Waals surface area contributed by atoms with Gasteiger partial charge in [0.25, 0.3) is 30.4 Å². The van der Waals surface area contributed by atoms with Crippen LogP contribution in [0, 0.1) is 12.2 Å². The van der Waals surface area contributed by atoms with Crippen molar-refractivity contribution in [2.24, 2.45) is 36.5 Å². The van der Waals surface area contributed by atoms with Gasteiger partial charge < -0.3 is 42.4 Å². The number of aromatic carboxylic acids is 1. The van der Waals surface area contributed by atoms with Crippen LogP contribution in [0.4, 0.5) is 61.0 Å². The molecule has 404 valence electrons. The zero-order valence-electron chi connectivity index (χ0n) is 39.1. The number of anilines is 7. The van der Waals surface area contributed by atoms with E-state index >= 15 is 0 Å². The van der Waals surface area contributed by atoms with Crippen molar-refractivity contribution in [1.82, 2.24) is 29.9 Å². The molecule has 0 saturated carbocycles. The molecule has 0 aliphatic heterocycles. The summed E-state index contributed by atoms with van der Waals surface area (Å²) in [5, 5.41) is 65.2. The molecule has 36 heteroatoms. The van der Waals surface area contributed by atoms with Gasteiger partial charge in [0.15, 0.2) is 17.3 Å². The predicted molar refractivity (Wildman–Crippen MR) is 270 cm³/mol. The van der Waals surface area contributed by atoms with Crippen molar-refractivity contribution in [3.05, 3.63) is 132 Å². The Kier molecular flexibility index (Phi) is 16.7. The third kappa shape index (κ3) is 14.5. The van der Waals surface area contributed by atoms with Gasteiger partial charge in [-0.25, -0.2) is 4.79 Å². The van der Waals surface area contributed by atoms with Crippen molar-refractivity contribution in [3.63, 3.8) is 0 Å². The average molecular weight is 1140 g/mol. The van der Waals surface area contributed by atoms with Gasteiger partial charge in [0.1, 0.15) is 17.1 Å². The van der Waals surface area contributed by atoms with Crippen molar-refractivity contribution in [1.29, 1.82) is 0 Å². The summed E-state index contributed by atoms with van der Waals surface area (Å²) in [6, 6.07) is 20.3. The molecule has 0 fully saturated rings. The van der Waals surface area contributed by atoms with Gasteiger partial charge in [0.05, 0.1) is 31.6 Å². The summed E-state index contributed by atoms with van der Waals surface area (Å²) in [5.41, 5.74) is -0.333. The number of azo groups is 2. The summed E-state index contributed by atoms with van der Waals surface area (Å²) in [6.07, 6.45) is -2.80. The fraction of sp³-hybridized carbons (Fsp3) is 0.0714. The second kappa shape index (κ2) is 23.3. The molecule has 31 nitrogen and oxygen atoms in total. The summed E-state index contributed by atoms with van der Waals surface area (Å²) in [7, 11) is -14.9. The van der Waals surface area contributed by atoms with E-state index in [0.717, 1.165) is 36.4 Å². The molecule has 1 atom stereocenters. The molecule has 0 saturated heterocycles. The Morgan fingerprint density at radius 2 is 1.08 bits per heavy atom. The van der Waals surface area contributed by atoms with Gasteiger partial charge in [-0.15, -0.1) is 20.5 Å². The third-order valence-corrected chi connectivity index (χ3v) is 12.4. The number of phenols is 2. The van der Waals surface area contributed by atoms with Gasteiger partial charge in [0, 0.05) is 23.7 Å². The van der Waals surface area contributed by atoms with Crippen molar-refractivity contribution in [2.75, 3.05) is 33.2 Å². The molecule has 0 spiro atoms. The lowest BCUT2D eigenvalue weighted by Crippen LogP contribution is -2.27. The van der Waals surface area contributed by atoms with Crippen molar-refractivity contribution in [2.45, 2.75) is 27.7 Å². The Morgan fingerprint density at radius 1 is 0.603 bits per heavy atom. The first-order valence-electron chi connectivity index (χ1n) is 21.3. The number of nitrogens with zero attached hydrogens (tertiary/aromatic N) is 12. The molecule has 2 heterocycles. The highest BCUT2D eigenvalue weighted by Crippen LogP contribution is 2.40. The maximum atomic E-state index is 14.9. The van der Waals surface area contributed by atoms with E-state index < -0.39 is 139 Å². The number of amidine groups is 2. The van der Waals surface area contributed by atoms with E-state index in [1.807, 2.05) is 0 Å². The fourth-order valence-corrected chi connectivity index (χ4v) is 7.85. The normalized spacial score (nSPS) is 12.8. The zero-order valence-corrected chi connectivity index (χ0v) is 41.5. The highest BCUT2D eigenvalue weighted by atomic mass is 32.2. The fourth-order valence-electron chi connectivity index (χ4n) is 6.29. The Bertz CT molecular complexity index is 3930. The van der Waals surface area contributed by atoms with Crippen molar-refractivity contribution >= 4 is 100 Å². The van der Waals surface area contributed by atoms with Gasteiger partial charge in [-0.2, -0.15) is 74.1 Å². The van der Waals surface area contributed by atoms with Crippen LogP contribution in [0.2, 0.25) is 0 Å². The molecule has 0 bridgehead atoms. The summed E-state index contributed by atoms with van der Waals surface area (Å²) in [6.45, 7) is 1.28. The van der Waals surface area contributed by atoms with Gasteiger partial charge in [-0.05, 0) is 49.4 Å². The van der Waals surface area contributed by atoms with Gasteiger partial charge in [0.2, 0.25) is 29.6 Å². The van der Waals surface area contributed by atoms with Crippen LogP contribution in [0.25, 0.3) is 0 Å². The molecule has 0 radical (unpaired) electrons. The lowest BCUT2D eigenvalue weighted by Gasteiger charge is -2.16. The Hall–Kier alpha value is -9.88. The minimum atomic E-state index is -5.08. The summed E-state index contributed by atoms with van der Waals surface area (Å²) < 4.78 is 132. The van der Waals surface area contributed by atoms with Gasteiger partial charge in [-0.3, -0.25) is 19.1 Å². The Morgan fingerprint density at radius 3 is 1.64 bits per heavy atom. The number of aromatic nitrogens is 6. The lowest BCUT2D eigenvalue weighted by atomic mass is 10.2. The number of aromatic hydroxyl groups is 2. The van der Waals surface area contributed by atoms with Crippen LogP contribution in [0.5, 0.6) is 11.5 Å². The van der Waals surface area contributed by atoms with Crippen LogP contribution >= 0.6 is 0 Å². The molecule has 0 amide bonds. The quantitative estimate of drug-likeness (QED) is 0.00898. The van der Waals surface area contributed by atoms with Crippen LogP contribution in [0.3, 0.4) is 0 Å². The Balaban J connectivity index is 1.09. The number of hydrogen-bond donors (Lipinski definition) is 12. The molecule has 78 heavy (non-hydrogen) atoms. The van der Waals surface area contributed by atoms with Crippen LogP contribution in [-0.2, 0) is 30.4 Å². The number of benzene rings is 5. The van der Waals surface area contributed by atoms with Crippen molar-refractivity contribution < 1.29 is 67.8 Å². The van der Waals surface area contributed by atoms with Crippen LogP contribution in [0.1, 0.15) is 28.4 Å². The first kappa shape index (κ1) is 55.9. The highest BCUT2D eigenvalue weighted by Gasteiger charge is 2.23. The lowest BCUT2D eigenvalue weighted by molar-refractivity contribution is 0.0697. The first-order chi connectivity index (χ1) is 36.8. The smallest absolute Gasteiger partial charge is 0.337 e. The number of rotatable bonds is 19. The number of hydrogen-bond acceptors (Lipinski definition) is 25. The molecule has 0 aliphatic carbocycles. The zero-order chi connectivity index (χ0) is 56.5. The molecule has 13 N–H and O–H groups in total. The number of nitrogens with one attached hydrogen (secondary N) is 5. The van der Waals surface area contributed by atoms with Crippen LogP contribution < -0.4 is 32.5 Å². The maximum Gasteiger partial charge on any atom is 0.337 e. The number of halogens is 2. The largest absolute Gasteiger partial charge is 0.504 e. The number of hydrazone groups is 2. The number of carboxylic acids is 1. The van der Waals surface area contributed by atoms with Gasteiger partial charge in [-0.1, -0.05) is 60.7 Å². The molecule has 7 aromatic rings. The summed E-state index contributed by atoms with van der Waals surface area (Å²) >= 11 is 0. The van der Waals surface area contributed by atoms with E-state index in [4.69, 9.17) is 5.84 Å². The van der Waals surface area contributed by atoms with Crippen LogP contribution in [-0.4, -0.2) is 114 Å². The minimum Gasteiger partial charge on any atom is -0.504 e.